The number of benzene rings is 2. The van der Waals surface area contributed by atoms with Gasteiger partial charge < -0.3 is 9.80 Å². The van der Waals surface area contributed by atoms with Crippen molar-refractivity contribution in [3.8, 4) is 16.6 Å². The molecule has 33 heavy (non-hydrogen) atoms. The van der Waals surface area contributed by atoms with Crippen LogP contribution in [-0.4, -0.2) is 42.0 Å². The smallest absolute Gasteiger partial charge is 0.370 e. The number of nitrogens with zero attached hydrogens (tertiary/aromatic N) is 4. The highest BCUT2D eigenvalue weighted by atomic mass is 32.1. The Balaban J connectivity index is 1.47. The molecule has 5 nitrogen and oxygen atoms in total. The van der Waals surface area contributed by atoms with Gasteiger partial charge in [0, 0.05) is 37.4 Å². The van der Waals surface area contributed by atoms with Crippen LogP contribution < -0.4 is 4.90 Å². The van der Waals surface area contributed by atoms with Crippen LogP contribution >= 0.6 is 11.3 Å². The molecular weight excluding hydrogens is 449 g/mol. The van der Waals surface area contributed by atoms with Crippen LogP contribution in [0.15, 0.2) is 48.5 Å². The second-order valence-corrected chi connectivity index (χ2v) is 8.80. The minimum Gasteiger partial charge on any atom is -0.370 e. The van der Waals surface area contributed by atoms with Crippen LogP contribution in [0.25, 0.3) is 10.6 Å². The number of thiazole rings is 1. The van der Waals surface area contributed by atoms with E-state index in [1.54, 1.807) is 24.0 Å². The van der Waals surface area contributed by atoms with E-state index in [0.29, 0.717) is 46.3 Å². The minimum absolute atomic E-state index is 0.107. The lowest BCUT2D eigenvalue weighted by molar-refractivity contribution is -0.137. The molecule has 0 saturated carbocycles. The van der Waals surface area contributed by atoms with Gasteiger partial charge in [0.25, 0.3) is 5.91 Å². The van der Waals surface area contributed by atoms with Gasteiger partial charge >= 0.3 is 6.18 Å². The fourth-order valence-electron chi connectivity index (χ4n) is 3.79. The summed E-state index contributed by atoms with van der Waals surface area (Å²) in [5, 5.41) is 9.50. The molecule has 0 aliphatic carbocycles. The second-order valence-electron chi connectivity index (χ2n) is 7.80. The molecule has 0 N–H and O–H groups in total. The summed E-state index contributed by atoms with van der Waals surface area (Å²) in [7, 11) is 0. The Morgan fingerprint density at radius 3 is 2.36 bits per heavy atom. The van der Waals surface area contributed by atoms with Gasteiger partial charge in [0.2, 0.25) is 0 Å². The molecule has 0 unspecified atom stereocenters. The van der Waals surface area contributed by atoms with Crippen LogP contribution in [0, 0.1) is 18.3 Å². The summed E-state index contributed by atoms with van der Waals surface area (Å²) in [6.45, 7) is 4.37. The highest BCUT2D eigenvalue weighted by Crippen LogP contribution is 2.33. The summed E-state index contributed by atoms with van der Waals surface area (Å²) in [5.41, 5.74) is 2.04. The quantitative estimate of drug-likeness (QED) is 0.517. The summed E-state index contributed by atoms with van der Waals surface area (Å²) >= 11 is 1.21. The zero-order chi connectivity index (χ0) is 23.6. The zero-order valence-electron chi connectivity index (χ0n) is 17.9. The number of alkyl halides is 3. The van der Waals surface area contributed by atoms with Gasteiger partial charge in [-0.1, -0.05) is 12.1 Å². The monoisotopic (exact) mass is 470 g/mol. The fraction of sp³-hybridized carbons (Fsp3) is 0.292. The molecular formula is C24H21F3N4OS. The molecule has 0 bridgehead atoms. The third-order valence-corrected chi connectivity index (χ3v) is 6.79. The highest BCUT2D eigenvalue weighted by Gasteiger charge is 2.30. The number of hydrogen-bond donors (Lipinski definition) is 0. The summed E-state index contributed by atoms with van der Waals surface area (Å²) < 4.78 is 38.5. The van der Waals surface area contributed by atoms with E-state index in [1.165, 1.54) is 23.5 Å². The van der Waals surface area contributed by atoms with Gasteiger partial charge in [-0.3, -0.25) is 4.79 Å². The van der Waals surface area contributed by atoms with Gasteiger partial charge in [0.15, 0.2) is 0 Å². The first-order valence-electron chi connectivity index (χ1n) is 10.5. The molecule has 4 rings (SSSR count). The molecule has 1 aliphatic rings. The number of amides is 1. The molecule has 0 spiro atoms. The molecule has 3 aromatic rings. The molecule has 1 amide bonds. The van der Waals surface area contributed by atoms with Gasteiger partial charge in [-0.15, -0.1) is 11.3 Å². The highest BCUT2D eigenvalue weighted by molar-refractivity contribution is 7.17. The maximum absolute atomic E-state index is 13.2. The Kier molecular flexibility index (Phi) is 6.38. The number of aryl methyl sites for hydroxylation is 1. The summed E-state index contributed by atoms with van der Waals surface area (Å²) in [4.78, 5) is 22.2. The van der Waals surface area contributed by atoms with Crippen LogP contribution in [0.3, 0.4) is 0 Å². The number of carbonyl (C=O) groups excluding carboxylic acids is 1. The first-order valence-corrected chi connectivity index (χ1v) is 11.3. The zero-order valence-corrected chi connectivity index (χ0v) is 18.7. The van der Waals surface area contributed by atoms with Gasteiger partial charge in [-0.2, -0.15) is 18.4 Å². The van der Waals surface area contributed by atoms with E-state index in [1.807, 2.05) is 12.1 Å². The number of rotatable bonds is 3. The Bertz CT molecular complexity index is 1180. The lowest BCUT2D eigenvalue weighted by atomic mass is 10.1. The van der Waals surface area contributed by atoms with Crippen molar-refractivity contribution in [3.63, 3.8) is 0 Å². The average Bonchev–Trinajstić information content (AvgIpc) is 3.03. The van der Waals surface area contributed by atoms with Gasteiger partial charge in [-0.05, 0) is 49.7 Å². The van der Waals surface area contributed by atoms with Gasteiger partial charge in [0.05, 0.1) is 22.9 Å². The number of anilines is 1. The predicted molar refractivity (Wildman–Crippen MR) is 121 cm³/mol. The van der Waals surface area contributed by atoms with Crippen LogP contribution in [0.5, 0.6) is 0 Å². The molecule has 1 fully saturated rings. The normalized spacial score (nSPS) is 14.6. The molecule has 1 saturated heterocycles. The maximum atomic E-state index is 13.2. The van der Waals surface area contributed by atoms with E-state index in [2.05, 4.69) is 16.0 Å². The van der Waals surface area contributed by atoms with Crippen molar-refractivity contribution < 1.29 is 18.0 Å². The second kappa shape index (κ2) is 9.24. The summed E-state index contributed by atoms with van der Waals surface area (Å²) in [5.74, 6) is -0.107. The van der Waals surface area contributed by atoms with Crippen LogP contribution in [0.1, 0.15) is 32.9 Å². The summed E-state index contributed by atoms with van der Waals surface area (Å²) in [6, 6.07) is 14.3. The van der Waals surface area contributed by atoms with Gasteiger partial charge in [0.1, 0.15) is 9.88 Å². The third kappa shape index (κ3) is 5.01. The van der Waals surface area contributed by atoms with Crippen LogP contribution in [0.2, 0.25) is 0 Å². The molecule has 9 heteroatoms. The molecule has 1 aromatic heterocycles. The van der Waals surface area contributed by atoms with Crippen molar-refractivity contribution in [2.75, 3.05) is 31.1 Å². The van der Waals surface area contributed by atoms with E-state index >= 15 is 0 Å². The van der Waals surface area contributed by atoms with E-state index in [0.717, 1.165) is 30.8 Å². The lowest BCUT2D eigenvalue weighted by Crippen LogP contribution is -2.35. The van der Waals surface area contributed by atoms with Crippen LogP contribution in [-0.2, 0) is 6.18 Å². The first-order chi connectivity index (χ1) is 15.8. The number of carbonyl (C=O) groups is 1. The Morgan fingerprint density at radius 2 is 1.73 bits per heavy atom. The fourth-order valence-corrected chi connectivity index (χ4v) is 4.83. The van der Waals surface area contributed by atoms with Crippen molar-refractivity contribution in [2.45, 2.75) is 19.5 Å². The standard InChI is InChI=1S/C24H21F3N4OS/c1-16-21(33-22(29-16)18-5-7-19(8-6-18)24(25,26)27)23(32)31-12-2-11-30(13-14-31)20-9-3-17(15-28)4-10-20/h3-10H,2,11-14H2,1H3. The molecule has 1 aliphatic heterocycles. The van der Waals surface area contributed by atoms with E-state index in [9.17, 15) is 18.0 Å². The van der Waals surface area contributed by atoms with Crippen molar-refractivity contribution >= 4 is 22.9 Å². The van der Waals surface area contributed by atoms with E-state index in [-0.39, 0.29) is 5.91 Å². The van der Waals surface area contributed by atoms with Crippen LogP contribution in [0.4, 0.5) is 18.9 Å². The lowest BCUT2D eigenvalue weighted by Gasteiger charge is -2.23. The molecule has 2 aromatic carbocycles. The van der Waals surface area contributed by atoms with Crippen molar-refractivity contribution in [2.24, 2.45) is 0 Å². The Labute approximate surface area is 193 Å². The molecule has 2 heterocycles. The van der Waals surface area contributed by atoms with Gasteiger partial charge in [-0.25, -0.2) is 4.98 Å². The topological polar surface area (TPSA) is 60.2 Å². The average molecular weight is 471 g/mol. The van der Waals surface area contributed by atoms with Crippen molar-refractivity contribution in [1.29, 1.82) is 5.26 Å². The summed E-state index contributed by atoms with van der Waals surface area (Å²) in [6.07, 6.45) is -3.59. The van der Waals surface area contributed by atoms with E-state index < -0.39 is 11.7 Å². The van der Waals surface area contributed by atoms with Crippen molar-refractivity contribution in [1.82, 2.24) is 9.88 Å². The first kappa shape index (κ1) is 22.8. The Morgan fingerprint density at radius 1 is 1.03 bits per heavy atom. The number of hydrogen-bond acceptors (Lipinski definition) is 5. The largest absolute Gasteiger partial charge is 0.416 e. The minimum atomic E-state index is -4.39. The Hall–Kier alpha value is -3.38. The predicted octanol–water partition coefficient (Wildman–Crippen LogP) is 5.36. The number of nitriles is 1. The van der Waals surface area contributed by atoms with Crippen molar-refractivity contribution in [3.05, 3.63) is 70.2 Å². The van der Waals surface area contributed by atoms with E-state index in [4.69, 9.17) is 5.26 Å². The SMILES string of the molecule is Cc1nc(-c2ccc(C(F)(F)F)cc2)sc1C(=O)N1CCCN(c2ccc(C#N)cc2)CC1. The maximum Gasteiger partial charge on any atom is 0.416 e. The molecule has 0 atom stereocenters. The number of aromatic nitrogens is 1. The molecule has 0 radical (unpaired) electrons. The molecule has 170 valence electrons. The third-order valence-electron chi connectivity index (χ3n) is 5.59. The number of halogens is 3.